The number of benzene rings is 1. The molecule has 0 fully saturated rings. The van der Waals surface area contributed by atoms with E-state index < -0.39 is 0 Å². The first-order valence-electron chi connectivity index (χ1n) is 6.28. The average Bonchev–Trinajstić information content (AvgIpc) is 2.35. The fourth-order valence-corrected chi connectivity index (χ4v) is 2.32. The van der Waals surface area contributed by atoms with Crippen LogP contribution in [-0.2, 0) is 12.8 Å². The minimum Gasteiger partial charge on any atom is -0.494 e. The van der Waals surface area contributed by atoms with Gasteiger partial charge in [0, 0.05) is 0 Å². The van der Waals surface area contributed by atoms with Gasteiger partial charge in [0.15, 0.2) is 0 Å². The normalized spacial score (nSPS) is 19.2. The van der Waals surface area contributed by atoms with Crippen LogP contribution in [0.1, 0.15) is 30.9 Å². The second-order valence-corrected chi connectivity index (χ2v) is 4.62. The summed E-state index contributed by atoms with van der Waals surface area (Å²) in [6, 6.07) is 6.51. The molecule has 2 rings (SSSR count). The average molecular weight is 219 g/mol. The van der Waals surface area contributed by atoms with Crippen LogP contribution < -0.4 is 10.5 Å². The van der Waals surface area contributed by atoms with E-state index >= 15 is 0 Å². The molecular weight excluding hydrogens is 198 g/mol. The highest BCUT2D eigenvalue weighted by Crippen LogP contribution is 2.28. The first-order valence-corrected chi connectivity index (χ1v) is 6.28. The number of hydrogen-bond acceptors (Lipinski definition) is 2. The molecule has 2 heteroatoms. The van der Waals surface area contributed by atoms with Gasteiger partial charge >= 0.3 is 0 Å². The van der Waals surface area contributed by atoms with E-state index in [2.05, 4.69) is 25.1 Å². The molecule has 16 heavy (non-hydrogen) atoms. The Kier molecular flexibility index (Phi) is 3.83. The molecule has 0 aromatic heterocycles. The number of ether oxygens (including phenoxy) is 1. The molecule has 1 aromatic carbocycles. The van der Waals surface area contributed by atoms with Crippen LogP contribution in [0.2, 0.25) is 0 Å². The van der Waals surface area contributed by atoms with E-state index in [1.165, 1.54) is 17.5 Å². The molecule has 2 nitrogen and oxygen atoms in total. The molecule has 0 radical (unpaired) electrons. The van der Waals surface area contributed by atoms with Crippen molar-refractivity contribution in [2.45, 2.75) is 32.6 Å². The highest BCUT2D eigenvalue weighted by Gasteiger charge is 2.17. The highest BCUT2D eigenvalue weighted by atomic mass is 16.5. The van der Waals surface area contributed by atoms with Gasteiger partial charge in [-0.15, -0.1) is 0 Å². The summed E-state index contributed by atoms with van der Waals surface area (Å²) >= 11 is 0. The Morgan fingerprint density at radius 2 is 2.25 bits per heavy atom. The Hall–Kier alpha value is -1.02. The lowest BCUT2D eigenvalue weighted by atomic mass is 9.84. The van der Waals surface area contributed by atoms with Crippen molar-refractivity contribution >= 4 is 0 Å². The third-order valence-electron chi connectivity index (χ3n) is 3.31. The zero-order chi connectivity index (χ0) is 11.4. The van der Waals surface area contributed by atoms with Crippen LogP contribution >= 0.6 is 0 Å². The molecule has 0 saturated carbocycles. The van der Waals surface area contributed by atoms with Crippen molar-refractivity contribution in [2.24, 2.45) is 11.7 Å². The van der Waals surface area contributed by atoms with E-state index in [4.69, 9.17) is 10.5 Å². The summed E-state index contributed by atoms with van der Waals surface area (Å²) < 4.78 is 5.65. The fourth-order valence-electron chi connectivity index (χ4n) is 2.32. The number of aryl methyl sites for hydroxylation is 1. The van der Waals surface area contributed by atoms with Gasteiger partial charge in [-0.2, -0.15) is 0 Å². The Morgan fingerprint density at radius 1 is 1.38 bits per heavy atom. The van der Waals surface area contributed by atoms with Gasteiger partial charge in [-0.3, -0.25) is 0 Å². The van der Waals surface area contributed by atoms with Crippen molar-refractivity contribution in [1.82, 2.24) is 0 Å². The molecule has 1 unspecified atom stereocenters. The van der Waals surface area contributed by atoms with E-state index in [1.54, 1.807) is 0 Å². The summed E-state index contributed by atoms with van der Waals surface area (Å²) in [6.07, 6.45) is 4.58. The second kappa shape index (κ2) is 5.35. The van der Waals surface area contributed by atoms with Gasteiger partial charge in [-0.1, -0.05) is 13.0 Å². The van der Waals surface area contributed by atoms with E-state index in [9.17, 15) is 0 Å². The first kappa shape index (κ1) is 11.5. The zero-order valence-corrected chi connectivity index (χ0v) is 10.0. The third-order valence-corrected chi connectivity index (χ3v) is 3.31. The lowest BCUT2D eigenvalue weighted by molar-refractivity contribution is 0.316. The summed E-state index contributed by atoms with van der Waals surface area (Å²) in [6.45, 7) is 3.75. The van der Waals surface area contributed by atoms with E-state index in [-0.39, 0.29) is 0 Å². The summed E-state index contributed by atoms with van der Waals surface area (Å²) in [5, 5.41) is 0. The third kappa shape index (κ3) is 2.56. The van der Waals surface area contributed by atoms with Crippen LogP contribution in [0.3, 0.4) is 0 Å². The largest absolute Gasteiger partial charge is 0.494 e. The minimum atomic E-state index is 0.676. The maximum absolute atomic E-state index is 5.73. The van der Waals surface area contributed by atoms with Gasteiger partial charge in [0.25, 0.3) is 0 Å². The van der Waals surface area contributed by atoms with Gasteiger partial charge in [0.2, 0.25) is 0 Å². The number of hydrogen-bond donors (Lipinski definition) is 1. The van der Waals surface area contributed by atoms with Gasteiger partial charge in [0.05, 0.1) is 6.61 Å². The molecule has 1 atom stereocenters. The molecule has 2 N–H and O–H groups in total. The predicted molar refractivity (Wildman–Crippen MR) is 66.8 cm³/mol. The van der Waals surface area contributed by atoms with Crippen LogP contribution in [0, 0.1) is 5.92 Å². The van der Waals surface area contributed by atoms with Crippen LogP contribution in [0.4, 0.5) is 0 Å². The first-order chi connectivity index (χ1) is 7.83. The quantitative estimate of drug-likeness (QED) is 0.844. The number of nitrogens with two attached hydrogens (primary N) is 1. The van der Waals surface area contributed by atoms with Gasteiger partial charge < -0.3 is 10.5 Å². The summed E-state index contributed by atoms with van der Waals surface area (Å²) in [5.41, 5.74) is 8.65. The summed E-state index contributed by atoms with van der Waals surface area (Å²) in [7, 11) is 0. The van der Waals surface area contributed by atoms with Crippen LogP contribution in [-0.4, -0.2) is 13.2 Å². The van der Waals surface area contributed by atoms with Gasteiger partial charge in [0.1, 0.15) is 5.75 Å². The standard InChI is InChI=1S/C14H21NO/c1-2-7-16-14-6-5-12-8-11(10-15)3-4-13(12)9-14/h5-6,9,11H,2-4,7-8,10,15H2,1H3. The predicted octanol–water partition coefficient (Wildman–Crippen LogP) is 2.54. The van der Waals surface area contributed by atoms with Crippen molar-refractivity contribution in [3.8, 4) is 5.75 Å². The maximum atomic E-state index is 5.73. The van der Waals surface area contributed by atoms with Crippen molar-refractivity contribution < 1.29 is 4.74 Å². The molecule has 0 amide bonds. The molecule has 1 aliphatic rings. The zero-order valence-electron chi connectivity index (χ0n) is 10.0. The van der Waals surface area contributed by atoms with Crippen molar-refractivity contribution in [3.63, 3.8) is 0 Å². The van der Waals surface area contributed by atoms with Crippen molar-refractivity contribution in [2.75, 3.05) is 13.2 Å². The topological polar surface area (TPSA) is 35.2 Å². The second-order valence-electron chi connectivity index (χ2n) is 4.62. The Morgan fingerprint density at radius 3 is 3.00 bits per heavy atom. The number of fused-ring (bicyclic) bond motifs is 1. The molecule has 0 heterocycles. The van der Waals surface area contributed by atoms with Crippen LogP contribution in [0.5, 0.6) is 5.75 Å². The maximum Gasteiger partial charge on any atom is 0.119 e. The van der Waals surface area contributed by atoms with Crippen molar-refractivity contribution in [3.05, 3.63) is 29.3 Å². The molecule has 0 bridgehead atoms. The van der Waals surface area contributed by atoms with Crippen LogP contribution in [0.15, 0.2) is 18.2 Å². The monoisotopic (exact) mass is 219 g/mol. The Balaban J connectivity index is 2.08. The van der Waals surface area contributed by atoms with Crippen molar-refractivity contribution in [1.29, 1.82) is 0 Å². The van der Waals surface area contributed by atoms with Crippen LogP contribution in [0.25, 0.3) is 0 Å². The molecule has 0 saturated heterocycles. The van der Waals surface area contributed by atoms with E-state index in [0.29, 0.717) is 5.92 Å². The SMILES string of the molecule is CCCOc1ccc2c(c1)CCC(CN)C2. The molecule has 1 aromatic rings. The fraction of sp³-hybridized carbons (Fsp3) is 0.571. The van der Waals surface area contributed by atoms with Gasteiger partial charge in [-0.05, 0) is 61.4 Å². The molecular formula is C14H21NO. The lowest BCUT2D eigenvalue weighted by Crippen LogP contribution is -2.22. The summed E-state index contributed by atoms with van der Waals surface area (Å²) in [4.78, 5) is 0. The number of rotatable bonds is 4. The minimum absolute atomic E-state index is 0.676. The van der Waals surface area contributed by atoms with E-state index in [1.807, 2.05) is 0 Å². The smallest absolute Gasteiger partial charge is 0.119 e. The van der Waals surface area contributed by atoms with E-state index in [0.717, 1.165) is 38.2 Å². The lowest BCUT2D eigenvalue weighted by Gasteiger charge is -2.23. The summed E-state index contributed by atoms with van der Waals surface area (Å²) in [5.74, 6) is 1.70. The molecule has 88 valence electrons. The molecule has 0 spiro atoms. The Labute approximate surface area is 97.8 Å². The van der Waals surface area contributed by atoms with Gasteiger partial charge in [-0.25, -0.2) is 0 Å². The molecule has 0 aliphatic heterocycles. The Bertz CT molecular complexity index is 349. The highest BCUT2D eigenvalue weighted by molar-refractivity contribution is 5.37. The molecule has 1 aliphatic carbocycles.